The fourth-order valence-corrected chi connectivity index (χ4v) is 1.68. The molecule has 2 aromatic rings. The van der Waals surface area contributed by atoms with Crippen LogP contribution in [0.1, 0.15) is 5.56 Å². The molecule has 0 saturated carbocycles. The smallest absolute Gasteiger partial charge is 0.263 e. The van der Waals surface area contributed by atoms with Gasteiger partial charge < -0.3 is 10.4 Å². The van der Waals surface area contributed by atoms with Gasteiger partial charge in [0, 0.05) is 0 Å². The Morgan fingerprint density at radius 2 is 1.86 bits per heavy atom. The van der Waals surface area contributed by atoms with E-state index in [1.165, 1.54) is 17.3 Å². The van der Waals surface area contributed by atoms with E-state index in [0.717, 1.165) is 5.56 Å². The molecule has 21 heavy (non-hydrogen) atoms. The van der Waals surface area contributed by atoms with Crippen molar-refractivity contribution in [3.05, 3.63) is 48.5 Å². The molecule has 0 saturated heterocycles. The number of hydrogen-bond acceptors (Lipinski definition) is 5. The van der Waals surface area contributed by atoms with E-state index in [0.29, 0.717) is 0 Å². The number of rotatable bonds is 6. The highest BCUT2D eigenvalue weighted by atomic mass is 16.3. The summed E-state index contributed by atoms with van der Waals surface area (Å²) in [4.78, 5) is 23.7. The number of benzene rings is 1. The number of carbonyl (C=O) groups excluding carboxylic acids is 2. The Balaban J connectivity index is 1.89. The van der Waals surface area contributed by atoms with Crippen LogP contribution in [0.15, 0.2) is 43.0 Å². The molecule has 110 valence electrons. The Hall–Kier alpha value is -2.74. The van der Waals surface area contributed by atoms with Crippen molar-refractivity contribution >= 4 is 11.8 Å². The third-order valence-electron chi connectivity index (χ3n) is 2.70. The summed E-state index contributed by atoms with van der Waals surface area (Å²) in [5, 5.41) is 18.7. The van der Waals surface area contributed by atoms with E-state index in [4.69, 9.17) is 0 Å². The minimum absolute atomic E-state index is 0.136. The van der Waals surface area contributed by atoms with Crippen LogP contribution in [0, 0.1) is 0 Å². The molecule has 2 rings (SSSR count). The fraction of sp³-hybridized carbons (Fsp3) is 0.231. The number of aromatic nitrogens is 3. The second-order valence-electron chi connectivity index (χ2n) is 4.31. The molecule has 1 aromatic heterocycles. The third kappa shape index (κ3) is 4.39. The molecule has 0 aliphatic heterocycles. The summed E-state index contributed by atoms with van der Waals surface area (Å²) < 4.78 is 1.23. The molecule has 0 radical (unpaired) electrons. The summed E-state index contributed by atoms with van der Waals surface area (Å²) in [6.07, 6.45) is 2.72. The van der Waals surface area contributed by atoms with Crippen LogP contribution in [-0.2, 0) is 16.0 Å². The van der Waals surface area contributed by atoms with Crippen molar-refractivity contribution in [2.45, 2.75) is 12.5 Å². The summed E-state index contributed by atoms with van der Waals surface area (Å²) in [7, 11) is 0. The zero-order valence-corrected chi connectivity index (χ0v) is 11.1. The Kier molecular flexibility index (Phi) is 4.99. The van der Waals surface area contributed by atoms with Crippen molar-refractivity contribution in [3.63, 3.8) is 0 Å². The lowest BCUT2D eigenvalue weighted by Gasteiger charge is -2.16. The largest absolute Gasteiger partial charge is 0.394 e. The Bertz CT molecular complexity index is 585. The summed E-state index contributed by atoms with van der Waals surface area (Å²) >= 11 is 0. The van der Waals surface area contributed by atoms with Gasteiger partial charge in [-0.2, -0.15) is 0 Å². The molecule has 1 aromatic carbocycles. The van der Waals surface area contributed by atoms with E-state index >= 15 is 0 Å². The highest BCUT2D eigenvalue weighted by Gasteiger charge is 2.20. The van der Waals surface area contributed by atoms with Crippen LogP contribution in [0.3, 0.4) is 0 Å². The zero-order valence-electron chi connectivity index (χ0n) is 11.1. The molecule has 0 spiro atoms. The van der Waals surface area contributed by atoms with Crippen molar-refractivity contribution in [1.29, 1.82) is 0 Å². The maximum absolute atomic E-state index is 11.9. The topological polar surface area (TPSA) is 109 Å². The highest BCUT2D eigenvalue weighted by Crippen LogP contribution is 1.99. The zero-order chi connectivity index (χ0) is 15.1. The van der Waals surface area contributed by atoms with Crippen molar-refractivity contribution in [1.82, 2.24) is 20.2 Å². The SMILES string of the molecule is O=C(Cc1ccccc1)NC(CO)C(=O)Nn1cnnc1. The second kappa shape index (κ2) is 7.15. The van der Waals surface area contributed by atoms with Gasteiger partial charge in [0.2, 0.25) is 5.91 Å². The van der Waals surface area contributed by atoms with Crippen LogP contribution in [0.2, 0.25) is 0 Å². The first-order valence-corrected chi connectivity index (χ1v) is 6.28. The molecule has 3 N–H and O–H groups in total. The average Bonchev–Trinajstić information content (AvgIpc) is 2.98. The van der Waals surface area contributed by atoms with Crippen LogP contribution in [-0.4, -0.2) is 44.4 Å². The molecular formula is C13H15N5O3. The predicted octanol–water partition coefficient (Wildman–Crippen LogP) is -0.932. The first-order chi connectivity index (χ1) is 10.2. The molecule has 8 nitrogen and oxygen atoms in total. The van der Waals surface area contributed by atoms with Gasteiger partial charge in [0.05, 0.1) is 13.0 Å². The first kappa shape index (κ1) is 14.7. The van der Waals surface area contributed by atoms with E-state index in [2.05, 4.69) is 20.9 Å². The normalized spacial score (nSPS) is 11.7. The van der Waals surface area contributed by atoms with Crippen LogP contribution in [0.25, 0.3) is 0 Å². The standard InChI is InChI=1S/C13H15N5O3/c19-7-11(13(21)17-18-8-14-15-9-18)16-12(20)6-10-4-2-1-3-5-10/h1-5,8-9,11,19H,6-7H2,(H,16,20)(H,17,21). The van der Waals surface area contributed by atoms with Crippen molar-refractivity contribution in [2.75, 3.05) is 12.0 Å². The Morgan fingerprint density at radius 1 is 1.19 bits per heavy atom. The molecule has 0 aliphatic carbocycles. The average molecular weight is 289 g/mol. The van der Waals surface area contributed by atoms with Crippen molar-refractivity contribution in [3.8, 4) is 0 Å². The van der Waals surface area contributed by atoms with Crippen molar-refractivity contribution < 1.29 is 14.7 Å². The van der Waals surface area contributed by atoms with Gasteiger partial charge >= 0.3 is 0 Å². The van der Waals surface area contributed by atoms with E-state index < -0.39 is 18.6 Å². The Morgan fingerprint density at radius 3 is 2.48 bits per heavy atom. The van der Waals surface area contributed by atoms with Crippen molar-refractivity contribution in [2.24, 2.45) is 0 Å². The van der Waals surface area contributed by atoms with Crippen LogP contribution in [0.5, 0.6) is 0 Å². The van der Waals surface area contributed by atoms with Gasteiger partial charge in [0.1, 0.15) is 18.7 Å². The summed E-state index contributed by atoms with van der Waals surface area (Å²) in [5.74, 6) is -0.905. The van der Waals surface area contributed by atoms with Crippen LogP contribution in [0.4, 0.5) is 0 Å². The quantitative estimate of drug-likeness (QED) is 0.636. The lowest BCUT2D eigenvalue weighted by Crippen LogP contribution is -2.48. The molecule has 2 amide bonds. The van der Waals surface area contributed by atoms with Gasteiger partial charge in [-0.15, -0.1) is 10.2 Å². The maximum Gasteiger partial charge on any atom is 0.263 e. The van der Waals surface area contributed by atoms with Crippen LogP contribution >= 0.6 is 0 Å². The monoisotopic (exact) mass is 289 g/mol. The number of nitrogens with one attached hydrogen (secondary N) is 2. The van der Waals surface area contributed by atoms with Gasteiger partial charge in [0.15, 0.2) is 0 Å². The molecular weight excluding hydrogens is 274 g/mol. The van der Waals surface area contributed by atoms with E-state index in [9.17, 15) is 14.7 Å². The molecule has 1 heterocycles. The summed E-state index contributed by atoms with van der Waals surface area (Å²) in [6, 6.07) is 8.08. The number of carbonyl (C=O) groups is 2. The fourth-order valence-electron chi connectivity index (χ4n) is 1.68. The van der Waals surface area contributed by atoms with Gasteiger partial charge in [0.25, 0.3) is 5.91 Å². The number of amides is 2. The van der Waals surface area contributed by atoms with Gasteiger partial charge in [-0.25, -0.2) is 4.68 Å². The van der Waals surface area contributed by atoms with Crippen LogP contribution < -0.4 is 10.7 Å². The van der Waals surface area contributed by atoms with E-state index in [1.54, 1.807) is 0 Å². The lowest BCUT2D eigenvalue weighted by atomic mass is 10.1. The maximum atomic E-state index is 11.9. The Labute approximate surface area is 120 Å². The van der Waals surface area contributed by atoms with Gasteiger partial charge in [-0.3, -0.25) is 15.0 Å². The predicted molar refractivity (Wildman–Crippen MR) is 73.6 cm³/mol. The highest BCUT2D eigenvalue weighted by molar-refractivity contribution is 5.92. The number of nitrogens with zero attached hydrogens (tertiary/aromatic N) is 3. The number of aliphatic hydroxyl groups is 1. The number of hydrogen-bond donors (Lipinski definition) is 3. The molecule has 0 aliphatic rings. The molecule has 8 heteroatoms. The van der Waals surface area contributed by atoms with Gasteiger partial charge in [-0.05, 0) is 5.56 Å². The summed E-state index contributed by atoms with van der Waals surface area (Å²) in [6.45, 7) is -0.505. The van der Waals surface area contributed by atoms with E-state index in [1.807, 2.05) is 30.3 Å². The lowest BCUT2D eigenvalue weighted by molar-refractivity contribution is -0.127. The van der Waals surface area contributed by atoms with Gasteiger partial charge in [-0.1, -0.05) is 30.3 Å². The molecule has 1 atom stereocenters. The molecule has 0 bridgehead atoms. The molecule has 1 unspecified atom stereocenters. The first-order valence-electron chi connectivity index (χ1n) is 6.28. The minimum Gasteiger partial charge on any atom is -0.394 e. The second-order valence-corrected chi connectivity index (χ2v) is 4.31. The minimum atomic E-state index is -1.04. The number of aliphatic hydroxyl groups excluding tert-OH is 1. The summed E-state index contributed by atoms with van der Waals surface area (Å²) in [5.41, 5.74) is 3.25. The molecule has 0 fully saturated rings. The van der Waals surface area contributed by atoms with E-state index in [-0.39, 0.29) is 12.3 Å². The third-order valence-corrected chi connectivity index (χ3v) is 2.70.